The fraction of sp³-hybridized carbons (Fsp3) is 0. The van der Waals surface area contributed by atoms with Crippen LogP contribution in [-0.2, 0) is 0 Å². The summed E-state index contributed by atoms with van der Waals surface area (Å²) in [6, 6.07) is 45.0. The number of aromatic carboxylic acids is 4. The number of H-pyrrole nitrogens is 2. The second-order valence-electron chi connectivity index (χ2n) is 18.1. The predicted molar refractivity (Wildman–Crippen MR) is 290 cm³/mol. The van der Waals surface area contributed by atoms with Crippen LogP contribution < -0.4 is 18.9 Å². The van der Waals surface area contributed by atoms with Crippen molar-refractivity contribution in [3.63, 3.8) is 0 Å². The van der Waals surface area contributed by atoms with Crippen molar-refractivity contribution in [2.24, 2.45) is 0 Å². The number of carboxylic acid groups (broad SMARTS) is 4. The maximum atomic E-state index is 11.8. The fourth-order valence-electron chi connectivity index (χ4n) is 9.37. The van der Waals surface area contributed by atoms with Crippen LogP contribution in [-0.4, -0.2) is 84.2 Å². The molecule has 0 atom stereocenters. The maximum Gasteiger partial charge on any atom is 0.335 e. The lowest BCUT2D eigenvalue weighted by atomic mass is 10.1. The number of hydrogen-bond acceptors (Lipinski definition) is 14. The highest BCUT2D eigenvalue weighted by atomic mass is 16.5. The fourth-order valence-corrected chi connectivity index (χ4v) is 9.37. The molecule has 6 N–H and O–H groups in total. The topological polar surface area (TPSA) is 295 Å². The Morgan fingerprint density at radius 2 is 0.600 bits per heavy atom. The zero-order valence-electron chi connectivity index (χ0n) is 40.9. The molecule has 11 aromatic rings. The molecule has 0 saturated heterocycles. The van der Waals surface area contributed by atoms with Crippen molar-refractivity contribution >= 4 is 68.0 Å². The molecule has 3 aromatic heterocycles. The van der Waals surface area contributed by atoms with E-state index in [2.05, 4.69) is 9.97 Å². The third kappa shape index (κ3) is 8.67. The Labute approximate surface area is 448 Å². The van der Waals surface area contributed by atoms with Crippen molar-refractivity contribution < 1.29 is 58.6 Å². The van der Waals surface area contributed by atoms with E-state index in [0.29, 0.717) is 89.8 Å². The number of aromatic nitrogens is 8. The number of hydrogen-bond donors (Lipinski definition) is 6. The molecule has 0 amide bonds. The van der Waals surface area contributed by atoms with Crippen LogP contribution in [0.5, 0.6) is 46.0 Å². The smallest absolute Gasteiger partial charge is 0.335 e. The van der Waals surface area contributed by atoms with E-state index in [9.17, 15) is 39.6 Å². The molecule has 0 unspecified atom stereocenters. The van der Waals surface area contributed by atoms with Gasteiger partial charge in [-0.2, -0.15) is 0 Å². The van der Waals surface area contributed by atoms with Gasteiger partial charge in [-0.05, 0) is 121 Å². The van der Waals surface area contributed by atoms with Gasteiger partial charge in [0.05, 0.1) is 44.2 Å². The van der Waals surface area contributed by atoms with E-state index in [1.165, 1.54) is 72.8 Å². The van der Waals surface area contributed by atoms with E-state index in [0.717, 1.165) is 0 Å². The van der Waals surface area contributed by atoms with Gasteiger partial charge in [-0.25, -0.2) is 49.1 Å². The van der Waals surface area contributed by atoms with Crippen molar-refractivity contribution in [1.82, 2.24) is 39.9 Å². The van der Waals surface area contributed by atoms with Crippen LogP contribution in [0.3, 0.4) is 0 Å². The first-order valence-electron chi connectivity index (χ1n) is 24.3. The average Bonchev–Trinajstić information content (AvgIpc) is 4.24. The number of carboxylic acids is 4. The average molecular weight is 1060 g/mol. The lowest BCUT2D eigenvalue weighted by molar-refractivity contribution is 0.0686. The minimum absolute atomic E-state index is 0.0660. The summed E-state index contributed by atoms with van der Waals surface area (Å²) in [5.41, 5.74) is 3.15. The molecule has 5 heterocycles. The molecule has 80 heavy (non-hydrogen) atoms. The van der Waals surface area contributed by atoms with Gasteiger partial charge in [-0.15, -0.1) is 0 Å². The molecule has 386 valence electrons. The number of rotatable bonds is 12. The molecule has 0 aliphatic carbocycles. The quantitative estimate of drug-likeness (QED) is 0.0662. The Morgan fingerprint density at radius 3 is 0.925 bits per heavy atom. The van der Waals surface area contributed by atoms with E-state index in [1.807, 2.05) is 12.1 Å². The Morgan fingerprint density at radius 1 is 0.312 bits per heavy atom. The third-order valence-corrected chi connectivity index (χ3v) is 13.1. The van der Waals surface area contributed by atoms with E-state index in [4.69, 9.17) is 48.9 Å². The van der Waals surface area contributed by atoms with Gasteiger partial charge in [0.15, 0.2) is 23.3 Å². The highest BCUT2D eigenvalue weighted by Gasteiger charge is 2.28. The Kier molecular flexibility index (Phi) is 11.4. The van der Waals surface area contributed by atoms with Crippen molar-refractivity contribution in [2.75, 3.05) is 0 Å². The first-order valence-corrected chi connectivity index (χ1v) is 24.3. The molecule has 0 spiro atoms. The summed E-state index contributed by atoms with van der Waals surface area (Å²) in [6.07, 6.45) is 0. The van der Waals surface area contributed by atoms with Gasteiger partial charge < -0.3 is 49.3 Å². The normalized spacial score (nSPS) is 11.4. The number of fused-ring (bicyclic) bond motifs is 20. The molecule has 2 aliphatic rings. The molecule has 2 aliphatic heterocycles. The van der Waals surface area contributed by atoms with Crippen LogP contribution in [0.25, 0.3) is 89.7 Å². The van der Waals surface area contributed by atoms with E-state index in [1.54, 1.807) is 84.9 Å². The van der Waals surface area contributed by atoms with Gasteiger partial charge in [0.2, 0.25) is 0 Å². The molecule has 8 bridgehead atoms. The van der Waals surface area contributed by atoms with Gasteiger partial charge in [0.1, 0.15) is 68.6 Å². The number of benzene rings is 8. The van der Waals surface area contributed by atoms with E-state index in [-0.39, 0.29) is 68.1 Å². The number of nitrogens with zero attached hydrogens (tertiary/aromatic N) is 6. The Balaban J connectivity index is 1.10. The largest absolute Gasteiger partial charge is 0.478 e. The summed E-state index contributed by atoms with van der Waals surface area (Å²) in [5.74, 6) is -1.15. The molecule has 0 radical (unpaired) electrons. The Hall–Kier alpha value is -11.8. The van der Waals surface area contributed by atoms with Gasteiger partial charge in [0, 0.05) is 21.9 Å². The van der Waals surface area contributed by atoms with Crippen LogP contribution in [0.2, 0.25) is 0 Å². The predicted octanol–water partition coefficient (Wildman–Crippen LogP) is 12.8. The summed E-state index contributed by atoms with van der Waals surface area (Å²) >= 11 is 0. The summed E-state index contributed by atoms with van der Waals surface area (Å²) in [5, 5.41) is 40.5. The van der Waals surface area contributed by atoms with Crippen LogP contribution in [0, 0.1) is 0 Å². The van der Waals surface area contributed by atoms with Gasteiger partial charge in [-0.3, -0.25) is 0 Å². The maximum absolute atomic E-state index is 11.8. The second kappa shape index (κ2) is 19.1. The number of ether oxygens (including phenoxy) is 4. The lowest BCUT2D eigenvalue weighted by Gasteiger charge is -2.10. The van der Waals surface area contributed by atoms with Crippen molar-refractivity contribution in [2.45, 2.75) is 0 Å². The van der Waals surface area contributed by atoms with Crippen molar-refractivity contribution in [3.8, 4) is 91.5 Å². The lowest BCUT2D eigenvalue weighted by Crippen LogP contribution is -1.95. The molecule has 20 heteroatoms. The summed E-state index contributed by atoms with van der Waals surface area (Å²) in [4.78, 5) is 84.9. The first-order chi connectivity index (χ1) is 38.9. The summed E-state index contributed by atoms with van der Waals surface area (Å²) < 4.78 is 26.0. The minimum atomic E-state index is -1.10. The molecular formula is C60H34N8O12. The second-order valence-corrected chi connectivity index (χ2v) is 18.1. The number of carbonyl (C=O) groups is 4. The van der Waals surface area contributed by atoms with Crippen LogP contribution >= 0.6 is 0 Å². The van der Waals surface area contributed by atoms with E-state index < -0.39 is 23.9 Å². The van der Waals surface area contributed by atoms with Gasteiger partial charge in [-0.1, -0.05) is 48.5 Å². The standard InChI is InChI=1S/C60H34N8O12/c69-57(70)29-13-21-33(22-14-29)77-41-9-1-5-37-45(41)53-61-49(37)65-54-46-38(6-2-10-42(46)78-34-23-15-30(16-24-34)58(71)72)51(62-54)67-56-48-40(8-4-12-44(48)80-36-27-19-32(20-28-36)60(75)76)52(64-56)68-55-47-39(50(63-55)66-53)7-3-11-43(47)79-35-25-17-31(18-26-35)59(73)74/h1-28H,(H,69,70)(H,71,72)(H,73,74)(H,75,76)(H2,61,62,63,64,65,66,67,68). The molecule has 0 fully saturated rings. The SMILES string of the molecule is O=C(O)c1ccc(Oc2cccc3c2-c2nc-3nc3[nH]c(nc4nc(nc5[nH]c(n2)c2cccc(Oc6ccc(C(=O)O)cc6)c52)-c2cccc(Oc5ccc(C(=O)O)cc5)c2-4)c2cccc(Oc4ccc(C(=O)O)cc4)c32)cc1. The third-order valence-electron chi connectivity index (χ3n) is 13.1. The molecule has 13 rings (SSSR count). The zero-order chi connectivity index (χ0) is 54.8. The monoisotopic (exact) mass is 1060 g/mol. The van der Waals surface area contributed by atoms with E-state index >= 15 is 0 Å². The highest BCUT2D eigenvalue weighted by Crippen LogP contribution is 2.46. The van der Waals surface area contributed by atoms with Gasteiger partial charge >= 0.3 is 23.9 Å². The van der Waals surface area contributed by atoms with Crippen LogP contribution in [0.15, 0.2) is 170 Å². The van der Waals surface area contributed by atoms with Crippen LogP contribution in [0.4, 0.5) is 0 Å². The van der Waals surface area contributed by atoms with Gasteiger partial charge in [0.25, 0.3) is 0 Å². The number of nitrogens with one attached hydrogen (secondary N) is 2. The highest BCUT2D eigenvalue weighted by molar-refractivity contribution is 6.10. The minimum Gasteiger partial charge on any atom is -0.478 e. The first kappa shape index (κ1) is 47.9. The zero-order valence-corrected chi connectivity index (χ0v) is 40.9. The van der Waals surface area contributed by atoms with Crippen molar-refractivity contribution in [3.05, 3.63) is 192 Å². The molecule has 8 aromatic carbocycles. The molecule has 0 saturated carbocycles. The van der Waals surface area contributed by atoms with Crippen molar-refractivity contribution in [1.29, 1.82) is 0 Å². The summed E-state index contributed by atoms with van der Waals surface area (Å²) in [6.45, 7) is 0. The van der Waals surface area contributed by atoms with Crippen LogP contribution in [0.1, 0.15) is 41.4 Å². The summed E-state index contributed by atoms with van der Waals surface area (Å²) in [7, 11) is 0. The molecular weight excluding hydrogens is 1020 g/mol. The Bertz CT molecular complexity index is 4310. The number of aromatic amines is 2. The molecule has 20 nitrogen and oxygen atoms in total.